The number of carbonyl (C=O) groups is 1. The maximum Gasteiger partial charge on any atom is 1.00 e. The van der Waals surface area contributed by atoms with Gasteiger partial charge in [-0.2, -0.15) is 0 Å². The van der Waals surface area contributed by atoms with E-state index in [1.54, 1.807) is 0 Å². The molecule has 0 aliphatic heterocycles. The molecule has 0 bridgehead atoms. The minimum atomic E-state index is -1.08. The van der Waals surface area contributed by atoms with Crippen LogP contribution in [0.3, 0.4) is 0 Å². The van der Waals surface area contributed by atoms with E-state index in [1.807, 2.05) is 30.3 Å². The van der Waals surface area contributed by atoms with Crippen molar-refractivity contribution in [3.8, 4) is 0 Å². The van der Waals surface area contributed by atoms with Crippen LogP contribution in [-0.4, -0.2) is 11.4 Å². The smallest absolute Gasteiger partial charge is 0.870 e. The predicted octanol–water partition coefficient (Wildman–Crippen LogP) is -3.36. The number of carboxylic acids is 1. The standard InChI is InChI=1S/C6H6S.C2H4O2.K.H2O/c7-6-4-2-1-3-5-6;1-2(3)4;;/h1-5,7H;1H3,(H,3,4);;1H2/q;;+1;/p-1. The van der Waals surface area contributed by atoms with E-state index in [0.29, 0.717) is 0 Å². The second-order valence-corrected chi connectivity index (χ2v) is 2.43. The van der Waals surface area contributed by atoms with Crippen LogP contribution in [0.2, 0.25) is 0 Å². The first kappa shape index (κ1) is 19.2. The Labute approximate surface area is 126 Å². The average molecular weight is 226 g/mol. The van der Waals surface area contributed by atoms with Gasteiger partial charge in [0.1, 0.15) is 4.90 Å². The molecule has 5 heteroatoms. The predicted molar refractivity (Wildman–Crippen MR) is 47.5 cm³/mol. The van der Waals surface area contributed by atoms with Gasteiger partial charge in [0.25, 0.3) is 0 Å². The van der Waals surface area contributed by atoms with Crippen LogP contribution in [0.25, 0.3) is 0 Å². The fourth-order valence-electron chi connectivity index (χ4n) is 0.438. The van der Waals surface area contributed by atoms with Gasteiger partial charge in [0.2, 0.25) is 0 Å². The molecule has 0 aliphatic carbocycles. The summed E-state index contributed by atoms with van der Waals surface area (Å²) in [6, 6.07) is 9.96. The molecule has 3 nitrogen and oxygen atoms in total. The molecule has 13 heavy (non-hydrogen) atoms. The summed E-state index contributed by atoms with van der Waals surface area (Å²) in [7, 11) is 0. The van der Waals surface area contributed by atoms with E-state index in [2.05, 4.69) is 12.6 Å². The zero-order chi connectivity index (χ0) is 8.69. The van der Waals surface area contributed by atoms with Crippen LogP contribution in [0.5, 0.6) is 0 Å². The first-order valence-corrected chi connectivity index (χ1v) is 3.57. The van der Waals surface area contributed by atoms with Crippen molar-refractivity contribution in [2.24, 2.45) is 0 Å². The molecule has 1 aromatic carbocycles. The SMILES string of the molecule is CC(=O)[O-].[K+].[OH-].[SH2+]c1ccccc1. The van der Waals surface area contributed by atoms with Gasteiger partial charge in [-0.05, 0) is 31.7 Å². The summed E-state index contributed by atoms with van der Waals surface area (Å²) in [5.74, 6) is -1.08. The van der Waals surface area contributed by atoms with E-state index in [1.165, 1.54) is 0 Å². The Hall–Kier alpha value is 0.636. The third-order valence-corrected chi connectivity index (χ3v) is 1.11. The zero-order valence-electron chi connectivity index (χ0n) is 7.65. The molecule has 0 fully saturated rings. The number of carboxylic acid groups (broad SMARTS) is 1. The summed E-state index contributed by atoms with van der Waals surface area (Å²) in [5.41, 5.74) is 0. The van der Waals surface area contributed by atoms with E-state index < -0.39 is 5.97 Å². The monoisotopic (exact) mass is 226 g/mol. The Morgan fingerprint density at radius 1 is 1.31 bits per heavy atom. The minimum absolute atomic E-state index is 0. The molecule has 68 valence electrons. The molecule has 0 radical (unpaired) electrons. The Kier molecular flexibility index (Phi) is 18.7. The Bertz CT molecular complexity index is 212. The van der Waals surface area contributed by atoms with Gasteiger partial charge in [-0.25, -0.2) is 0 Å². The average Bonchev–Trinajstić information content (AvgIpc) is 1.87. The van der Waals surface area contributed by atoms with Crippen molar-refractivity contribution in [2.45, 2.75) is 11.8 Å². The molecule has 1 aromatic rings. The van der Waals surface area contributed by atoms with Gasteiger partial charge in [-0.15, -0.1) is 0 Å². The van der Waals surface area contributed by atoms with Gasteiger partial charge in [0.15, 0.2) is 0 Å². The van der Waals surface area contributed by atoms with Crippen molar-refractivity contribution in [1.29, 1.82) is 0 Å². The summed E-state index contributed by atoms with van der Waals surface area (Å²) in [6.07, 6.45) is 0. The van der Waals surface area contributed by atoms with Gasteiger partial charge in [-0.3, -0.25) is 0 Å². The quantitative estimate of drug-likeness (QED) is 0.343. The first-order chi connectivity index (χ1) is 5.13. The molecular formula is C8H11KO3S. The number of carbonyl (C=O) groups excluding carboxylic acids is 1. The maximum atomic E-state index is 8.89. The second kappa shape index (κ2) is 12.6. The molecular weight excluding hydrogens is 215 g/mol. The number of rotatable bonds is 0. The first-order valence-electron chi connectivity index (χ1n) is 3.07. The largest absolute Gasteiger partial charge is 1.00 e. The molecule has 0 spiro atoms. The molecule has 1 N–H and O–H groups in total. The van der Waals surface area contributed by atoms with Crippen molar-refractivity contribution in [2.75, 3.05) is 0 Å². The number of benzene rings is 1. The summed E-state index contributed by atoms with van der Waals surface area (Å²) in [6.45, 7) is 0.972. The van der Waals surface area contributed by atoms with E-state index in [0.717, 1.165) is 11.8 Å². The molecule has 1 rings (SSSR count). The Morgan fingerprint density at radius 2 is 1.62 bits per heavy atom. The third-order valence-electron chi connectivity index (χ3n) is 0.774. The van der Waals surface area contributed by atoms with Crippen LogP contribution in [0, 0.1) is 0 Å². The Balaban J connectivity index is -0.000000150. The van der Waals surface area contributed by atoms with Gasteiger partial charge in [0.05, 0.1) is 0 Å². The van der Waals surface area contributed by atoms with E-state index in [9.17, 15) is 0 Å². The van der Waals surface area contributed by atoms with Crippen molar-refractivity contribution in [3.63, 3.8) is 0 Å². The normalized spacial score (nSPS) is 6.62. The van der Waals surface area contributed by atoms with Gasteiger partial charge < -0.3 is 15.4 Å². The summed E-state index contributed by atoms with van der Waals surface area (Å²) < 4.78 is 0. The van der Waals surface area contributed by atoms with Gasteiger partial charge in [-0.1, -0.05) is 18.2 Å². The van der Waals surface area contributed by atoms with Crippen LogP contribution in [0.15, 0.2) is 35.2 Å². The van der Waals surface area contributed by atoms with Crippen molar-refractivity contribution < 1.29 is 66.8 Å². The van der Waals surface area contributed by atoms with Crippen molar-refractivity contribution in [1.82, 2.24) is 0 Å². The van der Waals surface area contributed by atoms with Crippen molar-refractivity contribution in [3.05, 3.63) is 30.3 Å². The summed E-state index contributed by atoms with van der Waals surface area (Å²) in [4.78, 5) is 10.0. The van der Waals surface area contributed by atoms with E-state index >= 15 is 0 Å². The maximum absolute atomic E-state index is 8.89. The number of hydrogen-bond acceptors (Lipinski definition) is 3. The molecule has 0 amide bonds. The minimum Gasteiger partial charge on any atom is -0.870 e. The molecule has 0 saturated carbocycles. The fraction of sp³-hybridized carbons (Fsp3) is 0.125. The van der Waals surface area contributed by atoms with E-state index in [4.69, 9.17) is 9.90 Å². The van der Waals surface area contributed by atoms with Crippen LogP contribution in [0.1, 0.15) is 6.92 Å². The van der Waals surface area contributed by atoms with Crippen molar-refractivity contribution >= 4 is 18.6 Å². The fourth-order valence-corrected chi connectivity index (χ4v) is 0.631. The Morgan fingerprint density at radius 3 is 1.77 bits per heavy atom. The number of aliphatic carboxylic acids is 1. The van der Waals surface area contributed by atoms with Crippen LogP contribution < -0.4 is 56.5 Å². The molecule has 0 heterocycles. The topological polar surface area (TPSA) is 70.1 Å². The van der Waals surface area contributed by atoms with E-state index in [-0.39, 0.29) is 56.9 Å². The second-order valence-electron chi connectivity index (χ2n) is 1.86. The molecule has 0 aromatic heterocycles. The zero-order valence-corrected chi connectivity index (χ0v) is 11.8. The number of hydrogen-bond donors (Lipinski definition) is 0. The van der Waals surface area contributed by atoms with Crippen LogP contribution >= 0.6 is 0 Å². The third kappa shape index (κ3) is 19.2. The molecule has 0 atom stereocenters. The molecule has 0 unspecified atom stereocenters. The van der Waals surface area contributed by atoms with Gasteiger partial charge >= 0.3 is 51.4 Å². The van der Waals surface area contributed by atoms with Crippen LogP contribution in [0.4, 0.5) is 0 Å². The molecule has 0 saturated heterocycles. The summed E-state index contributed by atoms with van der Waals surface area (Å²) >= 11 is 3.36. The van der Waals surface area contributed by atoms with Crippen LogP contribution in [-0.2, 0) is 17.4 Å². The molecule has 0 aliphatic rings. The van der Waals surface area contributed by atoms with Gasteiger partial charge in [0, 0.05) is 5.97 Å². The summed E-state index contributed by atoms with van der Waals surface area (Å²) in [5, 5.41) is 8.89.